The summed E-state index contributed by atoms with van der Waals surface area (Å²) in [6.45, 7) is 15.8. The molecule has 34 heavy (non-hydrogen) atoms. The number of benzene rings is 1. The third kappa shape index (κ3) is 5.71. The number of carbonyl (C=O) groups is 1. The van der Waals surface area contributed by atoms with Gasteiger partial charge < -0.3 is 5.32 Å². The molecule has 2 N–H and O–H groups in total. The molecule has 1 aromatic carbocycles. The van der Waals surface area contributed by atoms with E-state index in [9.17, 15) is 13.2 Å². The van der Waals surface area contributed by atoms with E-state index in [0.29, 0.717) is 22.5 Å². The standard InChI is InChI=1S/C25H33N5O3S/c1-8-13-26-34(32,33)15-18-9-11-19(12-10-18)27-24(31)20-14-21(16(2)3)28-23-22(20)17(4)29-30(23)25(5,6)7/h8-12,14,16,26H,1,13,15H2,2-7H3,(H,27,31). The molecule has 0 unspecified atom stereocenters. The molecule has 9 heteroatoms. The molecule has 2 heterocycles. The third-order valence-electron chi connectivity index (χ3n) is 5.32. The second kappa shape index (κ2) is 9.68. The van der Waals surface area contributed by atoms with Gasteiger partial charge in [0.2, 0.25) is 10.0 Å². The van der Waals surface area contributed by atoms with Crippen molar-refractivity contribution in [3.63, 3.8) is 0 Å². The Morgan fingerprint density at radius 1 is 1.21 bits per heavy atom. The zero-order valence-corrected chi connectivity index (χ0v) is 21.5. The highest BCUT2D eigenvalue weighted by atomic mass is 32.2. The normalized spacial score (nSPS) is 12.3. The maximum Gasteiger partial charge on any atom is 0.256 e. The molecular formula is C25H33N5O3S. The summed E-state index contributed by atoms with van der Waals surface area (Å²) >= 11 is 0. The predicted molar refractivity (Wildman–Crippen MR) is 137 cm³/mol. The van der Waals surface area contributed by atoms with Gasteiger partial charge in [0, 0.05) is 17.9 Å². The summed E-state index contributed by atoms with van der Waals surface area (Å²) < 4.78 is 28.5. The minimum absolute atomic E-state index is 0.135. The van der Waals surface area contributed by atoms with E-state index in [1.54, 1.807) is 24.3 Å². The highest BCUT2D eigenvalue weighted by Gasteiger charge is 2.25. The van der Waals surface area contributed by atoms with Gasteiger partial charge in [0.05, 0.1) is 27.9 Å². The molecule has 0 saturated heterocycles. The molecule has 1 amide bonds. The van der Waals surface area contributed by atoms with Crippen LogP contribution in [0, 0.1) is 6.92 Å². The van der Waals surface area contributed by atoms with E-state index >= 15 is 0 Å². The van der Waals surface area contributed by atoms with Crippen LogP contribution in [0.3, 0.4) is 0 Å². The van der Waals surface area contributed by atoms with Crippen LogP contribution in [0.25, 0.3) is 11.0 Å². The van der Waals surface area contributed by atoms with Gasteiger partial charge in [0.1, 0.15) is 0 Å². The first-order valence-electron chi connectivity index (χ1n) is 11.2. The number of nitrogens with one attached hydrogen (secondary N) is 2. The lowest BCUT2D eigenvalue weighted by Gasteiger charge is -2.20. The van der Waals surface area contributed by atoms with Gasteiger partial charge in [-0.3, -0.25) is 4.79 Å². The number of amides is 1. The molecule has 0 aliphatic heterocycles. The average molecular weight is 484 g/mol. The topological polar surface area (TPSA) is 106 Å². The van der Waals surface area contributed by atoms with Crippen molar-refractivity contribution in [2.45, 2.75) is 58.8 Å². The van der Waals surface area contributed by atoms with Crippen molar-refractivity contribution in [2.24, 2.45) is 0 Å². The van der Waals surface area contributed by atoms with Crippen molar-refractivity contribution in [1.29, 1.82) is 0 Å². The first-order chi connectivity index (χ1) is 15.8. The van der Waals surface area contributed by atoms with Gasteiger partial charge in [0.15, 0.2) is 5.65 Å². The lowest BCUT2D eigenvalue weighted by Crippen LogP contribution is -2.25. The average Bonchev–Trinajstić information content (AvgIpc) is 3.10. The van der Waals surface area contributed by atoms with E-state index in [1.165, 1.54) is 6.08 Å². The lowest BCUT2D eigenvalue weighted by molar-refractivity contribution is 0.102. The molecular weight excluding hydrogens is 450 g/mol. The third-order valence-corrected chi connectivity index (χ3v) is 6.64. The van der Waals surface area contributed by atoms with Crippen LogP contribution in [0.2, 0.25) is 0 Å². The fourth-order valence-corrected chi connectivity index (χ4v) is 4.70. The summed E-state index contributed by atoms with van der Waals surface area (Å²) in [4.78, 5) is 18.2. The molecule has 0 radical (unpaired) electrons. The number of aromatic nitrogens is 3. The van der Waals surface area contributed by atoms with Gasteiger partial charge in [-0.25, -0.2) is 22.8 Å². The summed E-state index contributed by atoms with van der Waals surface area (Å²) in [7, 11) is -3.45. The van der Waals surface area contributed by atoms with Gasteiger partial charge in [-0.1, -0.05) is 32.1 Å². The number of hydrogen-bond acceptors (Lipinski definition) is 5. The van der Waals surface area contributed by atoms with Gasteiger partial charge in [-0.05, 0) is 57.4 Å². The van der Waals surface area contributed by atoms with E-state index in [-0.39, 0.29) is 29.7 Å². The Labute approximate surface area is 201 Å². The van der Waals surface area contributed by atoms with Crippen molar-refractivity contribution in [3.8, 4) is 0 Å². The number of pyridine rings is 1. The van der Waals surface area contributed by atoms with Crippen LogP contribution >= 0.6 is 0 Å². The maximum absolute atomic E-state index is 13.4. The van der Waals surface area contributed by atoms with E-state index in [2.05, 4.69) is 42.5 Å². The van der Waals surface area contributed by atoms with Crippen molar-refractivity contribution in [1.82, 2.24) is 19.5 Å². The van der Waals surface area contributed by atoms with Crippen molar-refractivity contribution >= 4 is 32.7 Å². The predicted octanol–water partition coefficient (Wildman–Crippen LogP) is 4.48. The van der Waals surface area contributed by atoms with Gasteiger partial charge in [0.25, 0.3) is 5.91 Å². The molecule has 2 aromatic heterocycles. The van der Waals surface area contributed by atoms with Crippen LogP contribution in [0.15, 0.2) is 43.0 Å². The zero-order valence-electron chi connectivity index (χ0n) is 20.6. The van der Waals surface area contributed by atoms with Gasteiger partial charge >= 0.3 is 0 Å². The van der Waals surface area contributed by atoms with Crippen molar-refractivity contribution in [3.05, 3.63) is 65.5 Å². The summed E-state index contributed by atoms with van der Waals surface area (Å²) in [5.74, 6) is -0.280. The second-order valence-corrected chi connectivity index (χ2v) is 11.5. The van der Waals surface area contributed by atoms with E-state index in [1.807, 2.05) is 31.5 Å². The highest BCUT2D eigenvalue weighted by Crippen LogP contribution is 2.29. The van der Waals surface area contributed by atoms with Crippen molar-refractivity contribution < 1.29 is 13.2 Å². The molecule has 0 saturated carbocycles. The van der Waals surface area contributed by atoms with Crippen LogP contribution in [0.1, 0.15) is 67.8 Å². The lowest BCUT2D eigenvalue weighted by atomic mass is 10.0. The first-order valence-corrected chi connectivity index (χ1v) is 12.9. The summed E-state index contributed by atoms with van der Waals surface area (Å²) in [6, 6.07) is 8.60. The number of sulfonamides is 1. The second-order valence-electron chi connectivity index (χ2n) is 9.66. The molecule has 3 rings (SSSR count). The fourth-order valence-electron chi connectivity index (χ4n) is 3.59. The van der Waals surface area contributed by atoms with Gasteiger partial charge in [-0.15, -0.1) is 6.58 Å². The quantitative estimate of drug-likeness (QED) is 0.460. The highest BCUT2D eigenvalue weighted by molar-refractivity contribution is 7.88. The molecule has 3 aromatic rings. The number of carbonyl (C=O) groups excluding carboxylic acids is 1. The molecule has 182 valence electrons. The molecule has 0 atom stereocenters. The SMILES string of the molecule is C=CCNS(=O)(=O)Cc1ccc(NC(=O)c2cc(C(C)C)nc3c2c(C)nn3C(C)(C)C)cc1. The Morgan fingerprint density at radius 3 is 2.41 bits per heavy atom. The molecule has 0 aliphatic rings. The van der Waals surface area contributed by atoms with E-state index in [4.69, 9.17) is 4.98 Å². The number of rotatable bonds is 8. The van der Waals surface area contributed by atoms with E-state index in [0.717, 1.165) is 16.8 Å². The summed E-state index contributed by atoms with van der Waals surface area (Å²) in [5, 5.41) is 8.35. The maximum atomic E-state index is 13.4. The monoisotopic (exact) mass is 483 g/mol. The number of fused-ring (bicyclic) bond motifs is 1. The molecule has 8 nitrogen and oxygen atoms in total. The number of nitrogens with zero attached hydrogens (tertiary/aromatic N) is 3. The molecule has 0 spiro atoms. The largest absolute Gasteiger partial charge is 0.322 e. The number of hydrogen-bond donors (Lipinski definition) is 2. The fraction of sp³-hybridized carbons (Fsp3) is 0.400. The minimum atomic E-state index is -3.45. The van der Waals surface area contributed by atoms with E-state index < -0.39 is 10.0 Å². The Morgan fingerprint density at radius 2 is 1.85 bits per heavy atom. The van der Waals surface area contributed by atoms with Crippen LogP contribution in [0.5, 0.6) is 0 Å². The number of anilines is 1. The minimum Gasteiger partial charge on any atom is -0.322 e. The first kappa shape index (κ1) is 25.6. The summed E-state index contributed by atoms with van der Waals surface area (Å²) in [5.41, 5.74) is 3.66. The van der Waals surface area contributed by atoms with Crippen LogP contribution < -0.4 is 10.0 Å². The smallest absolute Gasteiger partial charge is 0.256 e. The Hall–Kier alpha value is -3.04. The number of aryl methyl sites for hydroxylation is 1. The summed E-state index contributed by atoms with van der Waals surface area (Å²) in [6.07, 6.45) is 1.49. The van der Waals surface area contributed by atoms with Crippen LogP contribution in [-0.2, 0) is 21.3 Å². The Balaban J connectivity index is 1.93. The van der Waals surface area contributed by atoms with Crippen LogP contribution in [-0.4, -0.2) is 35.6 Å². The molecule has 0 fully saturated rings. The zero-order chi connectivity index (χ0) is 25.3. The Bertz CT molecular complexity index is 1320. The van der Waals surface area contributed by atoms with Crippen LogP contribution in [0.4, 0.5) is 5.69 Å². The van der Waals surface area contributed by atoms with Gasteiger partial charge in [-0.2, -0.15) is 5.10 Å². The molecule has 0 aliphatic carbocycles. The Kier molecular flexibility index (Phi) is 7.28. The van der Waals surface area contributed by atoms with Crippen molar-refractivity contribution in [2.75, 3.05) is 11.9 Å². The molecule has 0 bridgehead atoms.